The highest BCUT2D eigenvalue weighted by Gasteiger charge is 2.33. The van der Waals surface area contributed by atoms with E-state index in [2.05, 4.69) is 20.8 Å². The first kappa shape index (κ1) is 16.2. The molecule has 118 valence electrons. The Morgan fingerprint density at radius 1 is 1.57 bits per heavy atom. The molecule has 1 aliphatic carbocycles. The third kappa shape index (κ3) is 4.16. The highest BCUT2D eigenvalue weighted by molar-refractivity contribution is 7.99. The molecule has 21 heavy (non-hydrogen) atoms. The second-order valence-electron chi connectivity index (χ2n) is 5.44. The lowest BCUT2D eigenvalue weighted by Crippen LogP contribution is -2.50. The number of carbonyl (C=O) groups is 1. The number of carbonyl (C=O) groups excluding carboxylic acids is 1. The van der Waals surface area contributed by atoms with Crippen LogP contribution in [0.4, 0.5) is 0 Å². The Labute approximate surface area is 129 Å². The van der Waals surface area contributed by atoms with E-state index in [-0.39, 0.29) is 5.97 Å². The van der Waals surface area contributed by atoms with Crippen molar-refractivity contribution in [3.63, 3.8) is 0 Å². The van der Waals surface area contributed by atoms with Crippen LogP contribution < -0.4 is 5.32 Å². The molecule has 1 heterocycles. The summed E-state index contributed by atoms with van der Waals surface area (Å²) in [7, 11) is 1.43. The normalized spacial score (nSPS) is 17.5. The monoisotopic (exact) mass is 313 g/mol. The number of methoxy groups -OCH3 is 1. The predicted molar refractivity (Wildman–Crippen MR) is 80.1 cm³/mol. The second-order valence-corrected chi connectivity index (χ2v) is 6.51. The van der Waals surface area contributed by atoms with Crippen LogP contribution in [-0.2, 0) is 9.53 Å². The van der Waals surface area contributed by atoms with Gasteiger partial charge in [-0.2, -0.15) is 0 Å². The van der Waals surface area contributed by atoms with Crippen molar-refractivity contribution in [3.8, 4) is 0 Å². The molecule has 1 aromatic rings. The summed E-state index contributed by atoms with van der Waals surface area (Å²) >= 11 is 1.65. The highest BCUT2D eigenvalue weighted by Crippen LogP contribution is 2.36. The third-order valence-electron chi connectivity index (χ3n) is 3.61. The summed E-state index contributed by atoms with van der Waals surface area (Å²) in [6, 6.07) is 0.490. The summed E-state index contributed by atoms with van der Waals surface area (Å²) in [5.74, 6) is 0.669. The Morgan fingerprint density at radius 2 is 2.33 bits per heavy atom. The molecular formula is C13H23N5O2S. The lowest BCUT2D eigenvalue weighted by Gasteiger charge is -2.27. The lowest BCUT2D eigenvalue weighted by molar-refractivity contribution is -0.148. The van der Waals surface area contributed by atoms with Gasteiger partial charge in [0.15, 0.2) is 0 Å². The van der Waals surface area contributed by atoms with E-state index < -0.39 is 5.54 Å². The first-order chi connectivity index (χ1) is 10.1. The summed E-state index contributed by atoms with van der Waals surface area (Å²) < 4.78 is 6.80. The fraction of sp³-hybridized carbons (Fsp3) is 0.846. The molecule has 0 saturated heterocycles. The van der Waals surface area contributed by atoms with Crippen LogP contribution >= 0.6 is 11.8 Å². The molecule has 7 nitrogen and oxygen atoms in total. The summed E-state index contributed by atoms with van der Waals surface area (Å²) in [4.78, 5) is 11.9. The molecule has 1 unspecified atom stereocenters. The molecule has 1 N–H and O–H groups in total. The van der Waals surface area contributed by atoms with Crippen LogP contribution in [0.3, 0.4) is 0 Å². The van der Waals surface area contributed by atoms with Crippen molar-refractivity contribution in [1.82, 2.24) is 25.5 Å². The number of nitrogens with zero attached hydrogens (tertiary/aromatic N) is 4. The van der Waals surface area contributed by atoms with Crippen molar-refractivity contribution in [2.45, 2.75) is 56.3 Å². The van der Waals surface area contributed by atoms with E-state index in [1.807, 2.05) is 18.5 Å². The fourth-order valence-corrected chi connectivity index (χ4v) is 3.18. The molecule has 0 aromatic carbocycles. The van der Waals surface area contributed by atoms with Gasteiger partial charge in [0, 0.05) is 5.75 Å². The molecule has 0 amide bonds. The van der Waals surface area contributed by atoms with E-state index in [0.717, 1.165) is 30.3 Å². The minimum absolute atomic E-state index is 0.211. The van der Waals surface area contributed by atoms with E-state index in [4.69, 9.17) is 4.74 Å². The van der Waals surface area contributed by atoms with Crippen LogP contribution in [0.5, 0.6) is 0 Å². The first-order valence-electron chi connectivity index (χ1n) is 7.35. The number of hydrogen-bond acceptors (Lipinski definition) is 7. The standard InChI is InChI=1S/C13H23N5O2S/c1-4-14-13(2,11(19)20-3)8-5-9-21-12-15-16-17-18(12)10-6-7-10/h10,14H,4-9H2,1-3H3. The van der Waals surface area contributed by atoms with Crippen LogP contribution in [0.2, 0.25) is 0 Å². The minimum atomic E-state index is -0.619. The Hall–Kier alpha value is -1.15. The number of nitrogens with one attached hydrogen (secondary N) is 1. The molecule has 0 spiro atoms. The molecular weight excluding hydrogens is 290 g/mol. The van der Waals surface area contributed by atoms with Gasteiger partial charge < -0.3 is 10.1 Å². The molecule has 0 radical (unpaired) electrons. The molecule has 2 rings (SSSR count). The quantitative estimate of drug-likeness (QED) is 0.419. The van der Waals surface area contributed by atoms with Gasteiger partial charge in [-0.25, -0.2) is 4.68 Å². The summed E-state index contributed by atoms with van der Waals surface area (Å²) in [5.41, 5.74) is -0.619. The van der Waals surface area contributed by atoms with Crippen molar-refractivity contribution in [1.29, 1.82) is 0 Å². The summed E-state index contributed by atoms with van der Waals surface area (Å²) in [6.07, 6.45) is 3.95. The van der Waals surface area contributed by atoms with Crippen LogP contribution in [0, 0.1) is 0 Å². The van der Waals surface area contributed by atoms with Crippen molar-refractivity contribution >= 4 is 17.7 Å². The van der Waals surface area contributed by atoms with E-state index in [1.165, 1.54) is 20.0 Å². The Balaban J connectivity index is 1.79. The van der Waals surface area contributed by atoms with Crippen LogP contribution in [0.25, 0.3) is 0 Å². The van der Waals surface area contributed by atoms with Crippen LogP contribution in [0.1, 0.15) is 45.6 Å². The number of esters is 1. The zero-order chi connectivity index (χ0) is 15.3. The van der Waals surface area contributed by atoms with Gasteiger partial charge in [0.25, 0.3) is 0 Å². The molecule has 1 atom stereocenters. The zero-order valence-corrected chi connectivity index (χ0v) is 13.7. The van der Waals surface area contributed by atoms with Gasteiger partial charge in [0.1, 0.15) is 5.54 Å². The number of aromatic nitrogens is 4. The third-order valence-corrected chi connectivity index (χ3v) is 4.63. The van der Waals surface area contributed by atoms with Gasteiger partial charge in [0.05, 0.1) is 13.2 Å². The Kier molecular flexibility index (Phi) is 5.58. The van der Waals surface area contributed by atoms with Crippen molar-refractivity contribution in [3.05, 3.63) is 0 Å². The fourth-order valence-electron chi connectivity index (χ4n) is 2.30. The number of rotatable bonds is 9. The number of tetrazole rings is 1. The largest absolute Gasteiger partial charge is 0.468 e. The van der Waals surface area contributed by atoms with Gasteiger partial charge in [0.2, 0.25) is 5.16 Å². The van der Waals surface area contributed by atoms with Crippen LogP contribution in [-0.4, -0.2) is 51.1 Å². The maximum atomic E-state index is 11.9. The van der Waals surface area contributed by atoms with Crippen molar-refractivity contribution < 1.29 is 9.53 Å². The Bertz CT molecular complexity index is 477. The lowest BCUT2D eigenvalue weighted by atomic mass is 9.96. The number of likely N-dealkylation sites (N-methyl/N-ethyl adjacent to an activating group) is 1. The van der Waals surface area contributed by atoms with Crippen molar-refractivity contribution in [2.24, 2.45) is 0 Å². The zero-order valence-electron chi connectivity index (χ0n) is 12.8. The molecule has 1 aromatic heterocycles. The van der Waals surface area contributed by atoms with E-state index in [0.29, 0.717) is 6.04 Å². The number of hydrogen-bond donors (Lipinski definition) is 1. The molecule has 0 aliphatic heterocycles. The average Bonchev–Trinajstić information content (AvgIpc) is 3.22. The predicted octanol–water partition coefficient (Wildman–Crippen LogP) is 1.42. The van der Waals surface area contributed by atoms with E-state index in [9.17, 15) is 4.79 Å². The molecule has 8 heteroatoms. The van der Waals surface area contributed by atoms with Gasteiger partial charge in [-0.1, -0.05) is 18.7 Å². The molecule has 0 bridgehead atoms. The van der Waals surface area contributed by atoms with Gasteiger partial charge in [-0.3, -0.25) is 4.79 Å². The van der Waals surface area contributed by atoms with Gasteiger partial charge in [-0.05, 0) is 49.6 Å². The summed E-state index contributed by atoms with van der Waals surface area (Å²) in [6.45, 7) is 4.61. The smallest absolute Gasteiger partial charge is 0.325 e. The highest BCUT2D eigenvalue weighted by atomic mass is 32.2. The Morgan fingerprint density at radius 3 is 2.95 bits per heavy atom. The topological polar surface area (TPSA) is 81.9 Å². The molecule has 1 fully saturated rings. The van der Waals surface area contributed by atoms with Gasteiger partial charge >= 0.3 is 5.97 Å². The second kappa shape index (κ2) is 7.22. The minimum Gasteiger partial charge on any atom is -0.468 e. The van der Waals surface area contributed by atoms with Crippen molar-refractivity contribution in [2.75, 3.05) is 19.4 Å². The maximum absolute atomic E-state index is 11.9. The molecule has 1 saturated carbocycles. The maximum Gasteiger partial charge on any atom is 0.325 e. The summed E-state index contributed by atoms with van der Waals surface area (Å²) in [5, 5.41) is 15.9. The average molecular weight is 313 g/mol. The van der Waals surface area contributed by atoms with Gasteiger partial charge in [-0.15, -0.1) is 5.10 Å². The van der Waals surface area contributed by atoms with E-state index in [1.54, 1.807) is 11.8 Å². The number of thioether (sulfide) groups is 1. The first-order valence-corrected chi connectivity index (χ1v) is 8.33. The SMILES string of the molecule is CCNC(C)(CCCSc1nnnn1C1CC1)C(=O)OC. The van der Waals surface area contributed by atoms with Crippen LogP contribution in [0.15, 0.2) is 5.16 Å². The number of ether oxygens (including phenoxy) is 1. The molecule has 1 aliphatic rings. The van der Waals surface area contributed by atoms with E-state index >= 15 is 0 Å².